The van der Waals surface area contributed by atoms with Gasteiger partial charge >= 0.3 is 0 Å². The molecule has 0 aliphatic heterocycles. The van der Waals surface area contributed by atoms with Crippen molar-refractivity contribution in [3.05, 3.63) is 40.2 Å². The minimum atomic E-state index is -0.627. The van der Waals surface area contributed by atoms with Gasteiger partial charge in [0.1, 0.15) is 10.7 Å². The molecule has 2 aromatic heterocycles. The number of pyridine rings is 1. The number of nitrogens with zero attached hydrogens (tertiary/aromatic N) is 2. The first-order chi connectivity index (χ1) is 7.65. The number of aryl methyl sites for hydroxylation is 1. The van der Waals surface area contributed by atoms with Gasteiger partial charge in [0.15, 0.2) is 0 Å². The lowest BCUT2D eigenvalue weighted by Crippen LogP contribution is -2.11. The largest absolute Gasteiger partial charge is 0.306 e. The van der Waals surface area contributed by atoms with Crippen LogP contribution in [0, 0.1) is 12.9 Å². The zero-order valence-corrected chi connectivity index (χ0v) is 9.21. The van der Waals surface area contributed by atoms with Crippen LogP contribution in [0.1, 0.15) is 14.7 Å². The Morgan fingerprint density at radius 1 is 1.50 bits per heavy atom. The van der Waals surface area contributed by atoms with E-state index in [0.717, 1.165) is 5.01 Å². The highest BCUT2D eigenvalue weighted by molar-refractivity contribution is 7.13. The van der Waals surface area contributed by atoms with Crippen molar-refractivity contribution in [2.24, 2.45) is 0 Å². The van der Waals surface area contributed by atoms with Gasteiger partial charge in [0.2, 0.25) is 5.95 Å². The Kier molecular flexibility index (Phi) is 2.91. The van der Waals surface area contributed by atoms with Crippen molar-refractivity contribution in [1.82, 2.24) is 9.97 Å². The summed E-state index contributed by atoms with van der Waals surface area (Å²) in [5, 5.41) is 3.30. The normalized spacial score (nSPS) is 10.1. The van der Waals surface area contributed by atoms with Gasteiger partial charge in [0.25, 0.3) is 5.91 Å². The third-order valence-corrected chi connectivity index (χ3v) is 2.71. The van der Waals surface area contributed by atoms with Gasteiger partial charge in [-0.05, 0) is 19.1 Å². The van der Waals surface area contributed by atoms with Crippen LogP contribution in [0.4, 0.5) is 10.2 Å². The summed E-state index contributed by atoms with van der Waals surface area (Å²) in [4.78, 5) is 19.6. The van der Waals surface area contributed by atoms with Gasteiger partial charge < -0.3 is 5.32 Å². The maximum atomic E-state index is 12.8. The monoisotopic (exact) mass is 237 g/mol. The van der Waals surface area contributed by atoms with Crippen LogP contribution >= 0.6 is 11.3 Å². The first-order valence-corrected chi connectivity index (χ1v) is 5.33. The summed E-state index contributed by atoms with van der Waals surface area (Å²) in [6, 6.07) is 4.22. The third-order valence-electron chi connectivity index (χ3n) is 1.80. The minimum Gasteiger partial charge on any atom is -0.306 e. The molecule has 2 heterocycles. The van der Waals surface area contributed by atoms with Gasteiger partial charge in [0.05, 0.1) is 11.2 Å². The van der Waals surface area contributed by atoms with Gasteiger partial charge in [0, 0.05) is 0 Å². The molecule has 0 saturated carbocycles. The van der Waals surface area contributed by atoms with Gasteiger partial charge in [-0.15, -0.1) is 11.3 Å². The molecule has 2 rings (SSSR count). The lowest BCUT2D eigenvalue weighted by molar-refractivity contribution is 0.103. The van der Waals surface area contributed by atoms with Gasteiger partial charge in [-0.25, -0.2) is 9.97 Å². The molecule has 1 N–H and O–H groups in total. The van der Waals surface area contributed by atoms with Crippen LogP contribution in [0.2, 0.25) is 0 Å². The molecule has 0 atom stereocenters. The van der Waals surface area contributed by atoms with E-state index < -0.39 is 5.95 Å². The molecule has 4 nitrogen and oxygen atoms in total. The second-order valence-electron chi connectivity index (χ2n) is 3.04. The van der Waals surface area contributed by atoms with Gasteiger partial charge in [-0.2, -0.15) is 4.39 Å². The van der Waals surface area contributed by atoms with Crippen LogP contribution in [0.3, 0.4) is 0 Å². The number of carbonyl (C=O) groups is 1. The number of carbonyl (C=O) groups excluding carboxylic acids is 1. The summed E-state index contributed by atoms with van der Waals surface area (Å²) < 4.78 is 12.8. The van der Waals surface area contributed by atoms with Crippen molar-refractivity contribution >= 4 is 23.1 Å². The maximum Gasteiger partial charge on any atom is 0.268 e. The van der Waals surface area contributed by atoms with Crippen LogP contribution in [0.15, 0.2) is 24.4 Å². The van der Waals surface area contributed by atoms with Gasteiger partial charge in [-0.1, -0.05) is 6.07 Å². The van der Waals surface area contributed by atoms with Crippen molar-refractivity contribution < 1.29 is 9.18 Å². The van der Waals surface area contributed by atoms with Crippen molar-refractivity contribution in [3.8, 4) is 0 Å². The number of rotatable bonds is 2. The molecule has 0 fully saturated rings. The van der Waals surface area contributed by atoms with Crippen LogP contribution in [0.5, 0.6) is 0 Å². The van der Waals surface area contributed by atoms with Crippen LogP contribution in [0.25, 0.3) is 0 Å². The Labute approximate surface area is 95.2 Å². The van der Waals surface area contributed by atoms with E-state index in [4.69, 9.17) is 0 Å². The Balaban J connectivity index is 2.13. The van der Waals surface area contributed by atoms with Gasteiger partial charge in [-0.3, -0.25) is 4.79 Å². The molecule has 0 unspecified atom stereocenters. The molecule has 0 spiro atoms. The molecule has 16 heavy (non-hydrogen) atoms. The quantitative estimate of drug-likeness (QED) is 0.815. The highest BCUT2D eigenvalue weighted by Crippen LogP contribution is 2.13. The highest BCUT2D eigenvalue weighted by Gasteiger charge is 2.09. The van der Waals surface area contributed by atoms with Crippen molar-refractivity contribution in [3.63, 3.8) is 0 Å². The number of nitrogens with one attached hydrogen (secondary N) is 1. The SMILES string of the molecule is Cc1ncc(C(=O)Nc2cccc(F)n2)s1. The summed E-state index contributed by atoms with van der Waals surface area (Å²) in [6.07, 6.45) is 1.48. The third kappa shape index (κ3) is 2.40. The minimum absolute atomic E-state index is 0.191. The average molecular weight is 237 g/mol. The molecule has 0 aliphatic carbocycles. The lowest BCUT2D eigenvalue weighted by atomic mass is 10.4. The summed E-state index contributed by atoms with van der Waals surface area (Å²) in [7, 11) is 0. The van der Waals surface area contributed by atoms with Crippen molar-refractivity contribution in [2.45, 2.75) is 6.92 Å². The molecule has 82 valence electrons. The first-order valence-electron chi connectivity index (χ1n) is 4.51. The Morgan fingerprint density at radius 2 is 2.31 bits per heavy atom. The second-order valence-corrected chi connectivity index (χ2v) is 4.28. The molecule has 2 aromatic rings. The molecule has 0 radical (unpaired) electrons. The topological polar surface area (TPSA) is 54.9 Å². The second kappa shape index (κ2) is 4.36. The number of thiazole rings is 1. The predicted octanol–water partition coefficient (Wildman–Crippen LogP) is 2.24. The summed E-state index contributed by atoms with van der Waals surface area (Å²) in [5.74, 6) is -0.766. The number of hydrogen-bond acceptors (Lipinski definition) is 4. The number of halogens is 1. The fourth-order valence-corrected chi connectivity index (χ4v) is 1.79. The number of anilines is 1. The van der Waals surface area contributed by atoms with E-state index in [9.17, 15) is 9.18 Å². The molecule has 0 saturated heterocycles. The molecule has 1 amide bonds. The highest BCUT2D eigenvalue weighted by atomic mass is 32.1. The molecular formula is C10H8FN3OS. The summed E-state index contributed by atoms with van der Waals surface area (Å²) in [6.45, 7) is 1.81. The van der Waals surface area contributed by atoms with Crippen LogP contribution in [-0.4, -0.2) is 15.9 Å². The average Bonchev–Trinajstić information content (AvgIpc) is 2.65. The number of hydrogen-bond donors (Lipinski definition) is 1. The standard InChI is InChI=1S/C10H8FN3OS/c1-6-12-5-7(16-6)10(15)14-9-4-2-3-8(11)13-9/h2-5H,1H3,(H,13,14,15). The Bertz CT molecular complexity index is 526. The van der Waals surface area contributed by atoms with E-state index in [1.54, 1.807) is 0 Å². The molecule has 6 heteroatoms. The van der Waals surface area contributed by atoms with E-state index in [0.29, 0.717) is 4.88 Å². The fourth-order valence-electron chi connectivity index (χ4n) is 1.12. The van der Waals surface area contributed by atoms with E-state index >= 15 is 0 Å². The van der Waals surface area contributed by atoms with Crippen molar-refractivity contribution in [1.29, 1.82) is 0 Å². The van der Waals surface area contributed by atoms with E-state index in [2.05, 4.69) is 15.3 Å². The molecule has 0 bridgehead atoms. The zero-order valence-electron chi connectivity index (χ0n) is 8.40. The van der Waals surface area contributed by atoms with E-state index in [-0.39, 0.29) is 11.7 Å². The fraction of sp³-hybridized carbons (Fsp3) is 0.100. The Morgan fingerprint density at radius 3 is 2.94 bits per heavy atom. The van der Waals surface area contributed by atoms with Crippen LogP contribution < -0.4 is 5.32 Å². The summed E-state index contributed by atoms with van der Waals surface area (Å²) in [5.41, 5.74) is 0. The number of aromatic nitrogens is 2. The Hall–Kier alpha value is -1.82. The first kappa shape index (κ1) is 10.7. The number of amides is 1. The predicted molar refractivity (Wildman–Crippen MR) is 59.0 cm³/mol. The molecule has 0 aromatic carbocycles. The van der Waals surface area contributed by atoms with Crippen LogP contribution in [-0.2, 0) is 0 Å². The molecular weight excluding hydrogens is 229 g/mol. The lowest BCUT2D eigenvalue weighted by Gasteiger charge is -2.01. The van der Waals surface area contributed by atoms with E-state index in [1.807, 2.05) is 6.92 Å². The van der Waals surface area contributed by atoms with Crippen molar-refractivity contribution in [2.75, 3.05) is 5.32 Å². The molecule has 0 aliphatic rings. The summed E-state index contributed by atoms with van der Waals surface area (Å²) >= 11 is 1.27. The maximum absolute atomic E-state index is 12.8. The zero-order chi connectivity index (χ0) is 11.5. The van der Waals surface area contributed by atoms with E-state index in [1.165, 1.54) is 35.7 Å². The smallest absolute Gasteiger partial charge is 0.268 e.